The van der Waals surface area contributed by atoms with E-state index in [9.17, 15) is 4.79 Å². The SMILES string of the molecule is CC(C)Oc1cc(C#N)c2[nH]c(C(N)=O)cc2c1. The third-order valence-corrected chi connectivity index (χ3v) is 2.46. The minimum Gasteiger partial charge on any atom is -0.491 e. The van der Waals surface area contributed by atoms with Crippen LogP contribution in [-0.2, 0) is 0 Å². The first-order valence-corrected chi connectivity index (χ1v) is 5.54. The molecule has 0 saturated heterocycles. The summed E-state index contributed by atoms with van der Waals surface area (Å²) in [6.45, 7) is 3.81. The summed E-state index contributed by atoms with van der Waals surface area (Å²) in [5, 5.41) is 9.84. The molecule has 2 aromatic rings. The minimum absolute atomic E-state index is 0.0172. The fourth-order valence-electron chi connectivity index (χ4n) is 1.78. The number of carbonyl (C=O) groups is 1. The number of carbonyl (C=O) groups excluding carboxylic acids is 1. The number of ether oxygens (including phenoxy) is 1. The van der Waals surface area contributed by atoms with Gasteiger partial charge in [0.1, 0.15) is 17.5 Å². The van der Waals surface area contributed by atoms with Crippen molar-refractivity contribution in [2.75, 3.05) is 0 Å². The lowest BCUT2D eigenvalue weighted by molar-refractivity contribution is 0.0996. The van der Waals surface area contributed by atoms with E-state index in [1.54, 1.807) is 18.2 Å². The number of nitrogens with two attached hydrogens (primary N) is 1. The summed E-state index contributed by atoms with van der Waals surface area (Å²) < 4.78 is 5.55. The van der Waals surface area contributed by atoms with E-state index in [1.165, 1.54) is 0 Å². The number of hydrogen-bond donors (Lipinski definition) is 2. The van der Waals surface area contributed by atoms with Crippen molar-refractivity contribution in [3.63, 3.8) is 0 Å². The lowest BCUT2D eigenvalue weighted by Gasteiger charge is -2.09. The Kier molecular flexibility index (Phi) is 2.94. The summed E-state index contributed by atoms with van der Waals surface area (Å²) in [5.74, 6) is 0.0467. The molecule has 1 heterocycles. The number of amides is 1. The van der Waals surface area contributed by atoms with E-state index in [4.69, 9.17) is 15.7 Å². The maximum atomic E-state index is 11.1. The molecule has 0 saturated carbocycles. The van der Waals surface area contributed by atoms with Crippen molar-refractivity contribution in [1.82, 2.24) is 4.98 Å². The molecule has 18 heavy (non-hydrogen) atoms. The van der Waals surface area contributed by atoms with Crippen molar-refractivity contribution in [2.24, 2.45) is 5.73 Å². The molecular weight excluding hydrogens is 230 g/mol. The summed E-state index contributed by atoms with van der Waals surface area (Å²) in [5.41, 5.74) is 6.51. The van der Waals surface area contributed by atoms with Gasteiger partial charge in [-0.05, 0) is 26.0 Å². The molecule has 0 aliphatic rings. The number of aromatic amines is 1. The molecule has 0 unspecified atom stereocenters. The Bertz CT molecular complexity index is 650. The van der Waals surface area contributed by atoms with E-state index in [0.717, 1.165) is 5.39 Å². The fourth-order valence-corrected chi connectivity index (χ4v) is 1.78. The molecule has 0 aliphatic heterocycles. The number of nitriles is 1. The highest BCUT2D eigenvalue weighted by molar-refractivity contribution is 5.98. The van der Waals surface area contributed by atoms with Crippen LogP contribution >= 0.6 is 0 Å². The second-order valence-electron chi connectivity index (χ2n) is 4.26. The largest absolute Gasteiger partial charge is 0.491 e. The number of nitrogens with zero attached hydrogens (tertiary/aromatic N) is 1. The molecule has 5 nitrogen and oxygen atoms in total. The minimum atomic E-state index is -0.554. The van der Waals surface area contributed by atoms with Crippen LogP contribution in [-0.4, -0.2) is 17.0 Å². The Morgan fingerprint density at radius 3 is 2.72 bits per heavy atom. The van der Waals surface area contributed by atoms with Gasteiger partial charge in [-0.25, -0.2) is 0 Å². The van der Waals surface area contributed by atoms with Gasteiger partial charge < -0.3 is 15.5 Å². The Hall–Kier alpha value is -2.48. The second-order valence-corrected chi connectivity index (χ2v) is 4.26. The summed E-state index contributed by atoms with van der Waals surface area (Å²) >= 11 is 0. The molecule has 0 radical (unpaired) electrons. The molecule has 0 aliphatic carbocycles. The summed E-state index contributed by atoms with van der Waals surface area (Å²) in [6, 6.07) is 7.11. The maximum Gasteiger partial charge on any atom is 0.265 e. The van der Waals surface area contributed by atoms with Crippen molar-refractivity contribution < 1.29 is 9.53 Å². The van der Waals surface area contributed by atoms with Crippen molar-refractivity contribution in [3.8, 4) is 11.8 Å². The van der Waals surface area contributed by atoms with Gasteiger partial charge in [0.05, 0.1) is 17.2 Å². The van der Waals surface area contributed by atoms with Crippen LogP contribution in [0.4, 0.5) is 0 Å². The van der Waals surface area contributed by atoms with Gasteiger partial charge in [0.2, 0.25) is 0 Å². The molecule has 0 atom stereocenters. The van der Waals surface area contributed by atoms with Gasteiger partial charge in [-0.1, -0.05) is 0 Å². The molecule has 1 aromatic heterocycles. The zero-order valence-corrected chi connectivity index (χ0v) is 10.2. The van der Waals surface area contributed by atoms with Gasteiger partial charge in [0.15, 0.2) is 0 Å². The summed E-state index contributed by atoms with van der Waals surface area (Å²) in [4.78, 5) is 14.0. The number of hydrogen-bond acceptors (Lipinski definition) is 3. The summed E-state index contributed by atoms with van der Waals surface area (Å²) in [6.07, 6.45) is 0.0172. The van der Waals surface area contributed by atoms with Crippen LogP contribution in [0.5, 0.6) is 5.75 Å². The van der Waals surface area contributed by atoms with Gasteiger partial charge >= 0.3 is 0 Å². The lowest BCUT2D eigenvalue weighted by atomic mass is 10.1. The summed E-state index contributed by atoms with van der Waals surface area (Å²) in [7, 11) is 0. The predicted octanol–water partition coefficient (Wildman–Crippen LogP) is 1.93. The maximum absolute atomic E-state index is 11.1. The molecule has 5 heteroatoms. The Morgan fingerprint density at radius 2 is 2.17 bits per heavy atom. The fraction of sp³-hybridized carbons (Fsp3) is 0.231. The number of rotatable bonds is 3. The van der Waals surface area contributed by atoms with Crippen molar-refractivity contribution in [3.05, 3.63) is 29.5 Å². The smallest absolute Gasteiger partial charge is 0.265 e. The molecule has 92 valence electrons. The van der Waals surface area contributed by atoms with E-state index in [1.807, 2.05) is 13.8 Å². The number of fused-ring (bicyclic) bond motifs is 1. The number of aromatic nitrogens is 1. The van der Waals surface area contributed by atoms with Crippen LogP contribution in [0.25, 0.3) is 10.9 Å². The van der Waals surface area contributed by atoms with Crippen LogP contribution in [0.15, 0.2) is 18.2 Å². The van der Waals surface area contributed by atoms with Crippen LogP contribution in [0.1, 0.15) is 29.9 Å². The molecular formula is C13H13N3O2. The highest BCUT2D eigenvalue weighted by Crippen LogP contribution is 2.26. The van der Waals surface area contributed by atoms with Gasteiger partial charge in [0, 0.05) is 11.5 Å². The van der Waals surface area contributed by atoms with Crippen LogP contribution in [0.2, 0.25) is 0 Å². The number of H-pyrrole nitrogens is 1. The van der Waals surface area contributed by atoms with Crippen LogP contribution in [0, 0.1) is 11.3 Å². The van der Waals surface area contributed by atoms with E-state index >= 15 is 0 Å². The predicted molar refractivity (Wildman–Crippen MR) is 67.3 cm³/mol. The molecule has 1 amide bonds. The Morgan fingerprint density at radius 1 is 1.44 bits per heavy atom. The van der Waals surface area contributed by atoms with Gasteiger partial charge in [-0.15, -0.1) is 0 Å². The van der Waals surface area contributed by atoms with Crippen LogP contribution < -0.4 is 10.5 Å². The standard InChI is InChI=1S/C13H13N3O2/c1-7(2)18-10-3-8-5-11(13(15)17)16-12(8)9(4-10)6-14/h3-5,7,16H,1-2H3,(H2,15,17). The zero-order valence-electron chi connectivity index (χ0n) is 10.2. The third-order valence-electron chi connectivity index (χ3n) is 2.46. The normalized spacial score (nSPS) is 10.6. The van der Waals surface area contributed by atoms with Gasteiger partial charge in [0.25, 0.3) is 5.91 Å². The third kappa shape index (κ3) is 2.13. The average molecular weight is 243 g/mol. The Balaban J connectivity index is 2.61. The highest BCUT2D eigenvalue weighted by Gasteiger charge is 2.11. The molecule has 3 N–H and O–H groups in total. The first-order chi connectivity index (χ1) is 8.51. The van der Waals surface area contributed by atoms with Gasteiger partial charge in [-0.2, -0.15) is 5.26 Å². The van der Waals surface area contributed by atoms with Crippen molar-refractivity contribution in [1.29, 1.82) is 5.26 Å². The first kappa shape index (κ1) is 12.0. The number of primary amides is 1. The van der Waals surface area contributed by atoms with E-state index in [-0.39, 0.29) is 11.8 Å². The molecule has 0 bridgehead atoms. The molecule has 0 fully saturated rings. The molecule has 0 spiro atoms. The number of nitrogens with one attached hydrogen (secondary N) is 1. The van der Waals surface area contributed by atoms with Crippen molar-refractivity contribution >= 4 is 16.8 Å². The zero-order chi connectivity index (χ0) is 13.3. The van der Waals surface area contributed by atoms with Crippen LogP contribution in [0.3, 0.4) is 0 Å². The van der Waals surface area contributed by atoms with E-state index in [0.29, 0.717) is 16.8 Å². The average Bonchev–Trinajstić information content (AvgIpc) is 2.70. The van der Waals surface area contributed by atoms with Gasteiger partial charge in [-0.3, -0.25) is 4.79 Å². The van der Waals surface area contributed by atoms with E-state index < -0.39 is 5.91 Å². The molecule has 1 aromatic carbocycles. The number of benzene rings is 1. The monoisotopic (exact) mass is 243 g/mol. The quantitative estimate of drug-likeness (QED) is 0.862. The topological polar surface area (TPSA) is 91.9 Å². The highest BCUT2D eigenvalue weighted by atomic mass is 16.5. The molecule has 2 rings (SSSR count). The second kappa shape index (κ2) is 4.41. The Labute approximate surface area is 104 Å². The first-order valence-electron chi connectivity index (χ1n) is 5.54. The van der Waals surface area contributed by atoms with Crippen molar-refractivity contribution in [2.45, 2.75) is 20.0 Å². The lowest BCUT2D eigenvalue weighted by Crippen LogP contribution is -2.10. The van der Waals surface area contributed by atoms with E-state index in [2.05, 4.69) is 11.1 Å².